The van der Waals surface area contributed by atoms with Crippen LogP contribution in [0.4, 0.5) is 0 Å². The highest BCUT2D eigenvalue weighted by Crippen LogP contribution is 2.23. The first-order valence-electron chi connectivity index (χ1n) is 10.5. The number of hydrogen-bond acceptors (Lipinski definition) is 7. The summed E-state index contributed by atoms with van der Waals surface area (Å²) in [4.78, 5) is 12.1. The number of aryl methyl sites for hydroxylation is 1. The smallest absolute Gasteiger partial charge is 0.322 e. The third-order valence-corrected chi connectivity index (χ3v) is 5.47. The number of esters is 1. The summed E-state index contributed by atoms with van der Waals surface area (Å²) in [6, 6.07) is 14.8. The van der Waals surface area contributed by atoms with Gasteiger partial charge in [0.2, 0.25) is 0 Å². The topological polar surface area (TPSA) is 102 Å². The van der Waals surface area contributed by atoms with Gasteiger partial charge in [-0.2, -0.15) is 0 Å². The molecule has 0 radical (unpaired) electrons. The van der Waals surface area contributed by atoms with Crippen molar-refractivity contribution in [3.8, 4) is 11.1 Å². The van der Waals surface area contributed by atoms with Gasteiger partial charge in [0.15, 0.2) is 5.82 Å². The van der Waals surface area contributed by atoms with E-state index in [0.29, 0.717) is 23.9 Å². The summed E-state index contributed by atoms with van der Waals surface area (Å²) in [6.45, 7) is 3.79. The first-order chi connectivity index (χ1) is 15.4. The minimum atomic E-state index is -0.816. The first kappa shape index (κ1) is 23.8. The van der Waals surface area contributed by atoms with Crippen molar-refractivity contribution in [3.63, 3.8) is 0 Å². The Bertz CT molecular complexity index is 1020. The number of ether oxygens (including phenoxy) is 1. The van der Waals surface area contributed by atoms with Crippen molar-refractivity contribution in [3.05, 3.63) is 64.9 Å². The first-order valence-corrected chi connectivity index (χ1v) is 10.9. The van der Waals surface area contributed by atoms with E-state index < -0.39 is 18.2 Å². The number of nitrogens with zero attached hydrogens (tertiary/aromatic N) is 4. The van der Waals surface area contributed by atoms with Crippen molar-refractivity contribution in [2.75, 3.05) is 6.61 Å². The summed E-state index contributed by atoms with van der Waals surface area (Å²) >= 11 is 6.11. The molecular formula is C23H28ClN5O3. The molecule has 0 aliphatic carbocycles. The summed E-state index contributed by atoms with van der Waals surface area (Å²) in [5, 5.41) is 26.2. The molecule has 0 aliphatic rings. The van der Waals surface area contributed by atoms with Crippen LogP contribution in [-0.2, 0) is 29.4 Å². The van der Waals surface area contributed by atoms with Crippen LogP contribution < -0.4 is 5.32 Å². The van der Waals surface area contributed by atoms with Gasteiger partial charge in [-0.3, -0.25) is 10.1 Å². The SMILES string of the molecule is CCOC(=O)[C@H](C)N[C@@H](Cc1ccc(-c2cccc(Cl)c2)cc1)C(O)Cc1nnnn1C. The van der Waals surface area contributed by atoms with Crippen LogP contribution in [0.1, 0.15) is 25.2 Å². The van der Waals surface area contributed by atoms with Crippen LogP contribution >= 0.6 is 11.6 Å². The number of rotatable bonds is 10. The lowest BCUT2D eigenvalue weighted by Gasteiger charge is -2.27. The molecule has 3 aromatic rings. The van der Waals surface area contributed by atoms with E-state index in [4.69, 9.17) is 16.3 Å². The van der Waals surface area contributed by atoms with Gasteiger partial charge < -0.3 is 9.84 Å². The van der Waals surface area contributed by atoms with Gasteiger partial charge in [-0.1, -0.05) is 48.0 Å². The van der Waals surface area contributed by atoms with Crippen LogP contribution in [-0.4, -0.2) is 56.1 Å². The molecule has 0 saturated carbocycles. The molecule has 170 valence electrons. The molecule has 1 unspecified atom stereocenters. The van der Waals surface area contributed by atoms with E-state index in [0.717, 1.165) is 16.7 Å². The molecule has 2 N–H and O–H groups in total. The Labute approximate surface area is 192 Å². The van der Waals surface area contributed by atoms with E-state index in [1.165, 1.54) is 4.68 Å². The molecule has 1 aromatic heterocycles. The second kappa shape index (κ2) is 11.2. The van der Waals surface area contributed by atoms with Crippen LogP contribution in [0.2, 0.25) is 5.02 Å². The molecule has 8 nitrogen and oxygen atoms in total. The molecule has 0 saturated heterocycles. The van der Waals surface area contributed by atoms with Gasteiger partial charge in [0.25, 0.3) is 0 Å². The van der Waals surface area contributed by atoms with Crippen molar-refractivity contribution in [1.29, 1.82) is 0 Å². The Morgan fingerprint density at radius 2 is 1.94 bits per heavy atom. The van der Waals surface area contributed by atoms with Gasteiger partial charge in [0.05, 0.1) is 12.7 Å². The summed E-state index contributed by atoms with van der Waals surface area (Å²) < 4.78 is 6.63. The number of benzene rings is 2. The summed E-state index contributed by atoms with van der Waals surface area (Å²) in [7, 11) is 1.72. The van der Waals surface area contributed by atoms with Crippen molar-refractivity contribution in [2.24, 2.45) is 7.05 Å². The van der Waals surface area contributed by atoms with Gasteiger partial charge >= 0.3 is 5.97 Å². The third-order valence-electron chi connectivity index (χ3n) is 5.24. The number of carbonyl (C=O) groups excluding carboxylic acids is 1. The van der Waals surface area contributed by atoms with Gasteiger partial charge in [-0.05, 0) is 59.5 Å². The minimum Gasteiger partial charge on any atom is -0.465 e. The summed E-state index contributed by atoms with van der Waals surface area (Å²) in [6.07, 6.45) is -0.0623. The van der Waals surface area contributed by atoms with E-state index in [-0.39, 0.29) is 12.4 Å². The second-order valence-electron chi connectivity index (χ2n) is 7.65. The molecule has 3 atom stereocenters. The van der Waals surface area contributed by atoms with E-state index in [2.05, 4.69) is 20.8 Å². The van der Waals surface area contributed by atoms with Crippen LogP contribution in [0.15, 0.2) is 48.5 Å². The zero-order valence-electron chi connectivity index (χ0n) is 18.4. The number of hydrogen-bond donors (Lipinski definition) is 2. The zero-order valence-corrected chi connectivity index (χ0v) is 19.2. The van der Waals surface area contributed by atoms with Crippen molar-refractivity contribution >= 4 is 17.6 Å². The molecule has 0 aliphatic heterocycles. The van der Waals surface area contributed by atoms with E-state index in [1.807, 2.05) is 48.5 Å². The molecule has 1 heterocycles. The number of aliphatic hydroxyl groups is 1. The number of carbonyl (C=O) groups is 1. The number of aromatic nitrogens is 4. The van der Waals surface area contributed by atoms with Gasteiger partial charge in [-0.15, -0.1) is 5.10 Å². The maximum absolute atomic E-state index is 12.1. The van der Waals surface area contributed by atoms with Crippen LogP contribution in [0.5, 0.6) is 0 Å². The molecule has 9 heteroatoms. The second-order valence-corrected chi connectivity index (χ2v) is 8.08. The summed E-state index contributed by atoms with van der Waals surface area (Å²) in [5.41, 5.74) is 3.09. The Kier molecular flexibility index (Phi) is 8.33. The van der Waals surface area contributed by atoms with E-state index >= 15 is 0 Å². The molecular weight excluding hydrogens is 430 g/mol. The number of aliphatic hydroxyl groups excluding tert-OH is 1. The average molecular weight is 458 g/mol. The normalized spacial score (nSPS) is 14.0. The maximum Gasteiger partial charge on any atom is 0.322 e. The predicted octanol–water partition coefficient (Wildman–Crippen LogP) is 2.59. The highest BCUT2D eigenvalue weighted by Gasteiger charge is 2.26. The lowest BCUT2D eigenvalue weighted by atomic mass is 9.96. The molecule has 0 fully saturated rings. The lowest BCUT2D eigenvalue weighted by molar-refractivity contribution is -0.145. The molecule has 2 aromatic carbocycles. The Balaban J connectivity index is 1.76. The fourth-order valence-electron chi connectivity index (χ4n) is 3.47. The monoisotopic (exact) mass is 457 g/mol. The lowest BCUT2D eigenvalue weighted by Crippen LogP contribution is -2.50. The van der Waals surface area contributed by atoms with Crippen LogP contribution in [0.25, 0.3) is 11.1 Å². The number of nitrogens with one attached hydrogen (secondary N) is 1. The highest BCUT2D eigenvalue weighted by atomic mass is 35.5. The van der Waals surface area contributed by atoms with Gasteiger partial charge in [-0.25, -0.2) is 4.68 Å². The fraction of sp³-hybridized carbons (Fsp3) is 0.391. The number of tetrazole rings is 1. The molecule has 0 bridgehead atoms. The molecule has 3 rings (SSSR count). The van der Waals surface area contributed by atoms with Gasteiger partial charge in [0, 0.05) is 24.5 Å². The van der Waals surface area contributed by atoms with E-state index in [9.17, 15) is 9.90 Å². The quantitative estimate of drug-likeness (QED) is 0.451. The van der Waals surface area contributed by atoms with Crippen LogP contribution in [0.3, 0.4) is 0 Å². The Hall–Kier alpha value is -2.81. The third kappa shape index (κ3) is 6.35. The Morgan fingerprint density at radius 1 is 1.19 bits per heavy atom. The largest absolute Gasteiger partial charge is 0.465 e. The minimum absolute atomic E-state index is 0.247. The maximum atomic E-state index is 12.1. The average Bonchev–Trinajstić information content (AvgIpc) is 3.18. The van der Waals surface area contributed by atoms with Crippen molar-refractivity contribution in [2.45, 2.75) is 44.9 Å². The zero-order chi connectivity index (χ0) is 23.1. The molecule has 32 heavy (non-hydrogen) atoms. The molecule has 0 spiro atoms. The standard InChI is InChI=1S/C23H28ClN5O3/c1-4-32-23(31)15(2)25-20(21(30)14-22-26-27-28-29(22)3)12-16-8-10-17(11-9-16)18-6-5-7-19(24)13-18/h5-11,13,15,20-21,25,30H,4,12,14H2,1-3H3/t15-,20-,21?/m0/s1. The predicted molar refractivity (Wildman–Crippen MR) is 122 cm³/mol. The number of halogens is 1. The highest BCUT2D eigenvalue weighted by molar-refractivity contribution is 6.30. The van der Waals surface area contributed by atoms with E-state index in [1.54, 1.807) is 20.9 Å². The van der Waals surface area contributed by atoms with Gasteiger partial charge in [0.1, 0.15) is 6.04 Å². The fourth-order valence-corrected chi connectivity index (χ4v) is 3.66. The summed E-state index contributed by atoms with van der Waals surface area (Å²) in [5.74, 6) is 0.200. The Morgan fingerprint density at radius 3 is 2.56 bits per heavy atom. The van der Waals surface area contributed by atoms with Crippen LogP contribution in [0, 0.1) is 0 Å². The van der Waals surface area contributed by atoms with Crippen molar-refractivity contribution < 1.29 is 14.6 Å². The van der Waals surface area contributed by atoms with Crippen molar-refractivity contribution in [1.82, 2.24) is 25.5 Å². The molecule has 0 amide bonds.